The quantitative estimate of drug-likeness (QED) is 0.899. The second-order valence-corrected chi connectivity index (χ2v) is 6.34. The highest BCUT2D eigenvalue weighted by molar-refractivity contribution is 5.81. The summed E-state index contributed by atoms with van der Waals surface area (Å²) in [6.07, 6.45) is 4.07. The summed E-state index contributed by atoms with van der Waals surface area (Å²) in [6.45, 7) is 4.75. The summed E-state index contributed by atoms with van der Waals surface area (Å²) in [5.74, 6) is 3.49. The van der Waals surface area contributed by atoms with E-state index in [1.165, 1.54) is 12.8 Å². The van der Waals surface area contributed by atoms with Gasteiger partial charge in [-0.2, -0.15) is 0 Å². The zero-order valence-corrected chi connectivity index (χ0v) is 13.2. The minimum Gasteiger partial charge on any atom is -0.467 e. The number of hydrogen-bond donors (Lipinski definition) is 1. The molecule has 1 atom stereocenters. The maximum absolute atomic E-state index is 12.3. The molecule has 1 unspecified atom stereocenters. The van der Waals surface area contributed by atoms with Gasteiger partial charge in [-0.15, -0.1) is 10.2 Å². The van der Waals surface area contributed by atoms with E-state index in [-0.39, 0.29) is 11.9 Å². The summed E-state index contributed by atoms with van der Waals surface area (Å²) in [5, 5.41) is 11.6. The van der Waals surface area contributed by atoms with E-state index in [4.69, 9.17) is 4.42 Å². The summed E-state index contributed by atoms with van der Waals surface area (Å²) in [7, 11) is 0. The Morgan fingerprint density at radius 3 is 3.04 bits per heavy atom. The fraction of sp³-hybridized carbons (Fsp3) is 0.562. The van der Waals surface area contributed by atoms with Crippen molar-refractivity contribution in [2.75, 3.05) is 6.54 Å². The Balaban J connectivity index is 1.37. The predicted molar refractivity (Wildman–Crippen MR) is 82.4 cm³/mol. The van der Waals surface area contributed by atoms with Crippen molar-refractivity contribution in [2.24, 2.45) is 0 Å². The SMILES string of the molecule is CC(C(=O)NCc1ccco1)N1CCn2c(nnc2C2CC2)C1. The van der Waals surface area contributed by atoms with Crippen LogP contribution in [0.4, 0.5) is 0 Å². The van der Waals surface area contributed by atoms with Gasteiger partial charge in [0.15, 0.2) is 0 Å². The molecule has 1 amide bonds. The minimum atomic E-state index is -0.195. The van der Waals surface area contributed by atoms with Gasteiger partial charge in [0.05, 0.1) is 25.4 Å². The number of carbonyl (C=O) groups excluding carboxylic acids is 1. The molecular weight excluding hydrogens is 294 g/mol. The number of rotatable bonds is 5. The van der Waals surface area contributed by atoms with Crippen molar-refractivity contribution in [3.05, 3.63) is 35.8 Å². The number of aromatic nitrogens is 3. The average Bonchev–Trinajstić information content (AvgIpc) is 3.12. The van der Waals surface area contributed by atoms with Crippen LogP contribution in [0.3, 0.4) is 0 Å². The number of fused-ring (bicyclic) bond motifs is 1. The van der Waals surface area contributed by atoms with Crippen LogP contribution in [0.2, 0.25) is 0 Å². The predicted octanol–water partition coefficient (Wildman–Crippen LogP) is 1.27. The highest BCUT2D eigenvalue weighted by atomic mass is 16.3. The Labute approximate surface area is 134 Å². The Morgan fingerprint density at radius 2 is 2.30 bits per heavy atom. The van der Waals surface area contributed by atoms with E-state index in [0.29, 0.717) is 19.0 Å². The van der Waals surface area contributed by atoms with Gasteiger partial charge in [-0.05, 0) is 31.9 Å². The van der Waals surface area contributed by atoms with Crippen molar-refractivity contribution in [1.82, 2.24) is 25.0 Å². The van der Waals surface area contributed by atoms with Crippen LogP contribution in [0, 0.1) is 0 Å². The minimum absolute atomic E-state index is 0.0109. The first kappa shape index (κ1) is 14.4. The van der Waals surface area contributed by atoms with Crippen molar-refractivity contribution in [3.63, 3.8) is 0 Å². The third-order valence-corrected chi connectivity index (χ3v) is 4.70. The lowest BCUT2D eigenvalue weighted by atomic mass is 10.2. The molecule has 3 heterocycles. The Hall–Kier alpha value is -2.15. The van der Waals surface area contributed by atoms with Crippen molar-refractivity contribution < 1.29 is 9.21 Å². The number of nitrogens with zero attached hydrogens (tertiary/aromatic N) is 4. The standard InChI is InChI=1S/C16H21N5O2/c1-11(16(22)17-9-13-3-2-8-23-13)20-6-7-21-14(10-20)18-19-15(21)12-4-5-12/h2-3,8,11-12H,4-7,9-10H2,1H3,(H,17,22). The molecule has 7 nitrogen and oxygen atoms in total. The summed E-state index contributed by atoms with van der Waals surface area (Å²) in [5.41, 5.74) is 0. The fourth-order valence-electron chi connectivity index (χ4n) is 3.07. The molecule has 1 fully saturated rings. The summed E-state index contributed by atoms with van der Waals surface area (Å²) < 4.78 is 7.47. The fourth-order valence-corrected chi connectivity index (χ4v) is 3.07. The third-order valence-electron chi connectivity index (χ3n) is 4.70. The van der Waals surface area contributed by atoms with Crippen LogP contribution in [0.1, 0.15) is 43.1 Å². The van der Waals surface area contributed by atoms with Crippen LogP contribution in [-0.4, -0.2) is 38.2 Å². The molecule has 2 aromatic heterocycles. The van der Waals surface area contributed by atoms with Crippen LogP contribution in [0.25, 0.3) is 0 Å². The molecule has 1 aliphatic carbocycles. The Kier molecular flexibility index (Phi) is 3.65. The van der Waals surface area contributed by atoms with Gasteiger partial charge in [-0.25, -0.2) is 0 Å². The van der Waals surface area contributed by atoms with E-state index in [9.17, 15) is 4.79 Å². The molecule has 2 aromatic rings. The maximum atomic E-state index is 12.3. The highest BCUT2D eigenvalue weighted by Crippen LogP contribution is 2.39. The lowest BCUT2D eigenvalue weighted by Crippen LogP contribution is -2.48. The Bertz CT molecular complexity index is 689. The lowest BCUT2D eigenvalue weighted by Gasteiger charge is -2.31. The number of furan rings is 1. The van der Waals surface area contributed by atoms with Crippen molar-refractivity contribution in [1.29, 1.82) is 0 Å². The molecule has 1 saturated carbocycles. The topological polar surface area (TPSA) is 76.2 Å². The van der Waals surface area contributed by atoms with E-state index in [0.717, 1.165) is 30.5 Å². The van der Waals surface area contributed by atoms with Gasteiger partial charge in [0.25, 0.3) is 0 Å². The van der Waals surface area contributed by atoms with E-state index in [1.807, 2.05) is 19.1 Å². The number of nitrogens with one attached hydrogen (secondary N) is 1. The van der Waals surface area contributed by atoms with Gasteiger partial charge in [0.1, 0.15) is 17.4 Å². The van der Waals surface area contributed by atoms with Crippen LogP contribution >= 0.6 is 0 Å². The number of amides is 1. The third kappa shape index (κ3) is 2.88. The molecule has 122 valence electrons. The van der Waals surface area contributed by atoms with Crippen molar-refractivity contribution in [3.8, 4) is 0 Å². The smallest absolute Gasteiger partial charge is 0.237 e. The zero-order valence-electron chi connectivity index (χ0n) is 13.2. The van der Waals surface area contributed by atoms with E-state index < -0.39 is 0 Å². The zero-order chi connectivity index (χ0) is 15.8. The van der Waals surface area contributed by atoms with Gasteiger partial charge in [-0.3, -0.25) is 9.69 Å². The van der Waals surface area contributed by atoms with Gasteiger partial charge in [-0.1, -0.05) is 0 Å². The van der Waals surface area contributed by atoms with Crippen LogP contribution in [0.5, 0.6) is 0 Å². The second kappa shape index (κ2) is 5.81. The normalized spacial score (nSPS) is 19.3. The first-order chi connectivity index (χ1) is 11.2. The Morgan fingerprint density at radius 1 is 1.43 bits per heavy atom. The molecule has 4 rings (SSSR count). The van der Waals surface area contributed by atoms with Crippen molar-refractivity contribution >= 4 is 5.91 Å². The van der Waals surface area contributed by atoms with Gasteiger partial charge >= 0.3 is 0 Å². The molecule has 1 N–H and O–H groups in total. The molecule has 2 aliphatic rings. The maximum Gasteiger partial charge on any atom is 0.237 e. The van der Waals surface area contributed by atoms with Gasteiger partial charge in [0, 0.05) is 19.0 Å². The number of carbonyl (C=O) groups is 1. The van der Waals surface area contributed by atoms with Crippen LogP contribution in [-0.2, 0) is 24.4 Å². The van der Waals surface area contributed by atoms with Gasteiger partial charge < -0.3 is 14.3 Å². The first-order valence-electron chi connectivity index (χ1n) is 8.18. The molecule has 23 heavy (non-hydrogen) atoms. The summed E-state index contributed by atoms with van der Waals surface area (Å²) in [6, 6.07) is 3.48. The van der Waals surface area contributed by atoms with E-state index >= 15 is 0 Å². The van der Waals surface area contributed by atoms with Crippen LogP contribution < -0.4 is 5.32 Å². The highest BCUT2D eigenvalue weighted by Gasteiger charge is 2.33. The molecule has 7 heteroatoms. The average molecular weight is 315 g/mol. The molecule has 0 saturated heterocycles. The number of hydrogen-bond acceptors (Lipinski definition) is 5. The molecule has 0 radical (unpaired) electrons. The molecule has 0 bridgehead atoms. The molecule has 1 aliphatic heterocycles. The molecule has 0 spiro atoms. The second-order valence-electron chi connectivity index (χ2n) is 6.34. The van der Waals surface area contributed by atoms with Crippen molar-refractivity contribution in [2.45, 2.75) is 51.4 Å². The largest absolute Gasteiger partial charge is 0.467 e. The van der Waals surface area contributed by atoms with E-state index in [2.05, 4.69) is 25.0 Å². The van der Waals surface area contributed by atoms with E-state index in [1.54, 1.807) is 6.26 Å². The first-order valence-corrected chi connectivity index (χ1v) is 8.18. The molecule has 0 aromatic carbocycles. The van der Waals surface area contributed by atoms with Crippen LogP contribution in [0.15, 0.2) is 22.8 Å². The molecular formula is C16H21N5O2. The summed E-state index contributed by atoms with van der Waals surface area (Å²) in [4.78, 5) is 14.5. The van der Waals surface area contributed by atoms with Gasteiger partial charge in [0.2, 0.25) is 5.91 Å². The lowest BCUT2D eigenvalue weighted by molar-refractivity contribution is -0.126. The summed E-state index contributed by atoms with van der Waals surface area (Å²) >= 11 is 0. The monoisotopic (exact) mass is 315 g/mol.